The van der Waals surface area contributed by atoms with Crippen molar-refractivity contribution in [3.63, 3.8) is 0 Å². The van der Waals surface area contributed by atoms with E-state index in [0.29, 0.717) is 27.8 Å². The highest BCUT2D eigenvalue weighted by molar-refractivity contribution is 9.11. The molecule has 1 rings (SSSR count). The van der Waals surface area contributed by atoms with Crippen LogP contribution < -0.4 is 4.74 Å². The van der Waals surface area contributed by atoms with E-state index in [0.717, 1.165) is 5.56 Å². The molecule has 0 bridgehead atoms. The summed E-state index contributed by atoms with van der Waals surface area (Å²) in [5.74, 6) is 0.523. The lowest BCUT2D eigenvalue weighted by atomic mass is 10.2. The van der Waals surface area contributed by atoms with Gasteiger partial charge in [-0.25, -0.2) is 0 Å². The average Bonchev–Trinajstić information content (AvgIpc) is 2.43. The van der Waals surface area contributed by atoms with Gasteiger partial charge in [0.2, 0.25) is 0 Å². The number of carbonyl (C=O) groups excluding carboxylic acids is 1. The first-order valence-electron chi connectivity index (χ1n) is 6.48. The molecule has 112 valence electrons. The Morgan fingerprint density at radius 2 is 1.80 bits per heavy atom. The molecule has 1 atom stereocenters. The molecule has 4 nitrogen and oxygen atoms in total. The minimum atomic E-state index is -0.567. The molecule has 0 heterocycles. The predicted molar refractivity (Wildman–Crippen MR) is 85.8 cm³/mol. The molecule has 0 aromatic heterocycles. The van der Waals surface area contributed by atoms with E-state index in [-0.39, 0.29) is 12.5 Å². The van der Waals surface area contributed by atoms with Gasteiger partial charge in [0.05, 0.1) is 15.6 Å². The molecule has 20 heavy (non-hydrogen) atoms. The second-order valence-electron chi connectivity index (χ2n) is 4.32. The Balaban J connectivity index is 2.90. The quantitative estimate of drug-likeness (QED) is 0.785. The van der Waals surface area contributed by atoms with Crippen LogP contribution in [0.5, 0.6) is 5.75 Å². The molecule has 1 aromatic rings. The third-order valence-corrected chi connectivity index (χ3v) is 4.14. The molecule has 1 amide bonds. The standard InChI is InChI=1S/C14H19Br2NO3/c1-4-17(5-2)14(19)9(3)20-13-11(15)6-10(8-18)7-12(13)16/h6-7,9,18H,4-5,8H2,1-3H3. The van der Waals surface area contributed by atoms with Crippen LogP contribution in [0.25, 0.3) is 0 Å². The van der Waals surface area contributed by atoms with E-state index in [9.17, 15) is 4.79 Å². The van der Waals surface area contributed by atoms with Gasteiger partial charge in [-0.2, -0.15) is 0 Å². The Morgan fingerprint density at radius 1 is 1.30 bits per heavy atom. The number of likely N-dealkylation sites (N-methyl/N-ethyl adjacent to an activating group) is 1. The first-order chi connectivity index (χ1) is 9.44. The number of amides is 1. The minimum absolute atomic E-state index is 0.0416. The summed E-state index contributed by atoms with van der Waals surface area (Å²) in [4.78, 5) is 13.9. The molecule has 6 heteroatoms. The summed E-state index contributed by atoms with van der Waals surface area (Å²) in [7, 11) is 0. The number of aliphatic hydroxyl groups excluding tert-OH is 1. The highest BCUT2D eigenvalue weighted by Gasteiger charge is 2.22. The second kappa shape index (κ2) is 8.00. The fourth-order valence-corrected chi connectivity index (χ4v) is 3.30. The molecule has 0 saturated heterocycles. The van der Waals surface area contributed by atoms with Crippen LogP contribution in [0.2, 0.25) is 0 Å². The summed E-state index contributed by atoms with van der Waals surface area (Å²) < 4.78 is 7.16. The van der Waals surface area contributed by atoms with Crippen molar-refractivity contribution in [3.8, 4) is 5.75 Å². The smallest absolute Gasteiger partial charge is 0.263 e. The van der Waals surface area contributed by atoms with Crippen molar-refractivity contribution in [1.29, 1.82) is 0 Å². The van der Waals surface area contributed by atoms with Gasteiger partial charge in [-0.15, -0.1) is 0 Å². The van der Waals surface area contributed by atoms with Crippen molar-refractivity contribution in [3.05, 3.63) is 26.6 Å². The number of hydrogen-bond donors (Lipinski definition) is 1. The summed E-state index contributed by atoms with van der Waals surface area (Å²) in [6.45, 7) is 6.89. The number of ether oxygens (including phenoxy) is 1. The molecule has 0 radical (unpaired) electrons. The van der Waals surface area contributed by atoms with E-state index in [1.54, 1.807) is 24.0 Å². The molecular formula is C14H19Br2NO3. The zero-order valence-electron chi connectivity index (χ0n) is 11.8. The van der Waals surface area contributed by atoms with E-state index in [4.69, 9.17) is 9.84 Å². The van der Waals surface area contributed by atoms with Gasteiger partial charge in [0.15, 0.2) is 6.10 Å². The zero-order chi connectivity index (χ0) is 15.3. The Kier molecular flexibility index (Phi) is 6.99. The maximum atomic E-state index is 12.2. The largest absolute Gasteiger partial charge is 0.479 e. The fourth-order valence-electron chi connectivity index (χ4n) is 1.84. The van der Waals surface area contributed by atoms with E-state index in [1.165, 1.54) is 0 Å². The van der Waals surface area contributed by atoms with E-state index < -0.39 is 6.10 Å². The van der Waals surface area contributed by atoms with Gasteiger partial charge in [-0.1, -0.05) is 0 Å². The third kappa shape index (κ3) is 4.20. The molecule has 0 aliphatic heterocycles. The van der Waals surface area contributed by atoms with E-state index in [1.807, 2.05) is 13.8 Å². The molecule has 1 N–H and O–H groups in total. The van der Waals surface area contributed by atoms with Crippen molar-refractivity contribution in [2.24, 2.45) is 0 Å². The Labute approximate surface area is 136 Å². The molecule has 0 aliphatic rings. The van der Waals surface area contributed by atoms with E-state index >= 15 is 0 Å². The monoisotopic (exact) mass is 407 g/mol. The van der Waals surface area contributed by atoms with Gasteiger partial charge >= 0.3 is 0 Å². The van der Waals surface area contributed by atoms with Gasteiger partial charge in [0.25, 0.3) is 5.91 Å². The van der Waals surface area contributed by atoms with Crippen LogP contribution in [-0.2, 0) is 11.4 Å². The third-order valence-electron chi connectivity index (χ3n) is 2.96. The second-order valence-corrected chi connectivity index (χ2v) is 6.03. The van der Waals surface area contributed by atoms with Crippen LogP contribution in [0.1, 0.15) is 26.3 Å². The van der Waals surface area contributed by atoms with Gasteiger partial charge in [-0.3, -0.25) is 4.79 Å². The van der Waals surface area contributed by atoms with Crippen LogP contribution in [0.4, 0.5) is 0 Å². The minimum Gasteiger partial charge on any atom is -0.479 e. The Bertz CT molecular complexity index is 452. The first kappa shape index (κ1) is 17.5. The summed E-state index contributed by atoms with van der Waals surface area (Å²) in [5, 5.41) is 9.14. The Morgan fingerprint density at radius 3 is 2.20 bits per heavy atom. The zero-order valence-corrected chi connectivity index (χ0v) is 15.0. The number of hydrogen-bond acceptors (Lipinski definition) is 3. The number of benzene rings is 1. The van der Waals surface area contributed by atoms with Crippen molar-refractivity contribution < 1.29 is 14.6 Å². The summed E-state index contributed by atoms with van der Waals surface area (Å²) in [5.41, 5.74) is 0.763. The highest BCUT2D eigenvalue weighted by Crippen LogP contribution is 2.35. The lowest BCUT2D eigenvalue weighted by Gasteiger charge is -2.24. The van der Waals surface area contributed by atoms with Crippen LogP contribution in [0, 0.1) is 0 Å². The topological polar surface area (TPSA) is 49.8 Å². The van der Waals surface area contributed by atoms with Gasteiger partial charge in [0.1, 0.15) is 5.75 Å². The van der Waals surface area contributed by atoms with Crippen molar-refractivity contribution in [2.45, 2.75) is 33.5 Å². The first-order valence-corrected chi connectivity index (χ1v) is 8.07. The van der Waals surface area contributed by atoms with Crippen molar-refractivity contribution >= 4 is 37.8 Å². The normalized spacial score (nSPS) is 12.1. The maximum Gasteiger partial charge on any atom is 0.263 e. The number of carbonyl (C=O) groups is 1. The molecule has 0 spiro atoms. The molecule has 0 saturated carbocycles. The van der Waals surface area contributed by atoms with E-state index in [2.05, 4.69) is 31.9 Å². The highest BCUT2D eigenvalue weighted by atomic mass is 79.9. The van der Waals surface area contributed by atoms with Gasteiger partial charge in [-0.05, 0) is 70.3 Å². The van der Waals surface area contributed by atoms with Gasteiger partial charge < -0.3 is 14.7 Å². The van der Waals surface area contributed by atoms with Crippen molar-refractivity contribution in [2.75, 3.05) is 13.1 Å². The summed E-state index contributed by atoms with van der Waals surface area (Å²) in [6, 6.07) is 3.55. The molecular weight excluding hydrogens is 390 g/mol. The lowest BCUT2D eigenvalue weighted by molar-refractivity contribution is -0.137. The molecule has 0 fully saturated rings. The van der Waals surface area contributed by atoms with Gasteiger partial charge in [0, 0.05) is 13.1 Å². The number of nitrogens with zero attached hydrogens (tertiary/aromatic N) is 1. The van der Waals surface area contributed by atoms with Crippen LogP contribution >= 0.6 is 31.9 Å². The molecule has 1 unspecified atom stereocenters. The molecule has 1 aromatic carbocycles. The number of halogens is 2. The summed E-state index contributed by atoms with van der Waals surface area (Å²) >= 11 is 6.79. The Hall–Kier alpha value is -0.590. The number of rotatable bonds is 6. The van der Waals surface area contributed by atoms with Crippen LogP contribution in [-0.4, -0.2) is 35.1 Å². The van der Waals surface area contributed by atoms with Crippen LogP contribution in [0.3, 0.4) is 0 Å². The number of aliphatic hydroxyl groups is 1. The SMILES string of the molecule is CCN(CC)C(=O)C(C)Oc1c(Br)cc(CO)cc1Br. The average molecular weight is 409 g/mol. The fraction of sp³-hybridized carbons (Fsp3) is 0.500. The predicted octanol–water partition coefficient (Wildman–Crippen LogP) is 3.34. The lowest BCUT2D eigenvalue weighted by Crippen LogP contribution is -2.40. The molecule has 0 aliphatic carbocycles. The maximum absolute atomic E-state index is 12.2. The summed E-state index contributed by atoms with van der Waals surface area (Å²) in [6.07, 6.45) is -0.567. The van der Waals surface area contributed by atoms with Crippen LogP contribution in [0.15, 0.2) is 21.1 Å². The van der Waals surface area contributed by atoms with Crippen molar-refractivity contribution in [1.82, 2.24) is 4.90 Å².